The normalized spacial score (nSPS) is 11.0. The third-order valence-corrected chi connectivity index (χ3v) is 4.05. The van der Waals surface area contributed by atoms with Crippen LogP contribution in [0.1, 0.15) is 36.7 Å². The van der Waals surface area contributed by atoms with E-state index in [1.54, 1.807) is 0 Å². The maximum Gasteiger partial charge on any atom is 0.0835 e. The van der Waals surface area contributed by atoms with Gasteiger partial charge >= 0.3 is 0 Å². The third kappa shape index (κ3) is 3.86. The van der Waals surface area contributed by atoms with Gasteiger partial charge in [-0.15, -0.1) is 0 Å². The van der Waals surface area contributed by atoms with Crippen LogP contribution in [0.2, 0.25) is 5.02 Å². The predicted octanol–water partition coefficient (Wildman–Crippen LogP) is 4.07. The second-order valence-electron chi connectivity index (χ2n) is 5.37. The molecule has 0 spiro atoms. The molecule has 4 heteroatoms. The van der Waals surface area contributed by atoms with Crippen LogP contribution in [-0.2, 0) is 6.42 Å². The minimum absolute atomic E-state index is 0.735. The van der Waals surface area contributed by atoms with E-state index in [0.717, 1.165) is 42.3 Å². The van der Waals surface area contributed by atoms with Crippen molar-refractivity contribution in [2.24, 2.45) is 0 Å². The summed E-state index contributed by atoms with van der Waals surface area (Å²) in [5.74, 6) is 0. The Morgan fingerprint density at radius 3 is 2.67 bits per heavy atom. The molecule has 1 aromatic carbocycles. The molecule has 0 amide bonds. The average molecular weight is 306 g/mol. The van der Waals surface area contributed by atoms with Gasteiger partial charge in [-0.25, -0.2) is 4.68 Å². The van der Waals surface area contributed by atoms with Gasteiger partial charge in [0.05, 0.1) is 16.4 Å². The minimum atomic E-state index is 0.735. The minimum Gasteiger partial charge on any atom is -0.317 e. The van der Waals surface area contributed by atoms with Crippen LogP contribution in [0.4, 0.5) is 0 Å². The molecule has 0 aliphatic carbocycles. The van der Waals surface area contributed by atoms with Crippen molar-refractivity contribution in [3.8, 4) is 5.69 Å². The first-order valence-electron chi connectivity index (χ1n) is 7.65. The topological polar surface area (TPSA) is 29.9 Å². The van der Waals surface area contributed by atoms with E-state index in [4.69, 9.17) is 11.6 Å². The molecule has 0 saturated heterocycles. The van der Waals surface area contributed by atoms with Gasteiger partial charge in [0, 0.05) is 5.69 Å². The Labute approximate surface area is 132 Å². The van der Waals surface area contributed by atoms with Crippen molar-refractivity contribution >= 4 is 11.6 Å². The first-order chi connectivity index (χ1) is 10.1. The van der Waals surface area contributed by atoms with Crippen LogP contribution >= 0.6 is 11.6 Å². The number of benzene rings is 1. The summed E-state index contributed by atoms with van der Waals surface area (Å²) in [6.07, 6.45) is 3.37. The Morgan fingerprint density at radius 1 is 1.19 bits per heavy atom. The molecule has 21 heavy (non-hydrogen) atoms. The molecule has 0 radical (unpaired) electrons. The zero-order valence-electron chi connectivity index (χ0n) is 13.1. The number of aromatic nitrogens is 2. The molecular formula is C17H24ClN3. The van der Waals surface area contributed by atoms with Gasteiger partial charge in [-0.3, -0.25) is 0 Å². The number of para-hydroxylation sites is 1. The maximum absolute atomic E-state index is 6.28. The fraction of sp³-hybridized carbons (Fsp3) is 0.471. The summed E-state index contributed by atoms with van der Waals surface area (Å²) < 4.78 is 1.96. The molecule has 1 N–H and O–H groups in total. The first-order valence-corrected chi connectivity index (χ1v) is 8.03. The third-order valence-electron chi connectivity index (χ3n) is 3.73. The van der Waals surface area contributed by atoms with Crippen molar-refractivity contribution < 1.29 is 0 Å². The molecule has 0 fully saturated rings. The molecule has 0 unspecified atom stereocenters. The van der Waals surface area contributed by atoms with Crippen molar-refractivity contribution in [2.45, 2.75) is 40.0 Å². The molecule has 0 saturated carbocycles. The molecule has 3 nitrogen and oxygen atoms in total. The van der Waals surface area contributed by atoms with Gasteiger partial charge in [0.25, 0.3) is 0 Å². The van der Waals surface area contributed by atoms with E-state index in [-0.39, 0.29) is 0 Å². The molecular weight excluding hydrogens is 282 g/mol. The lowest BCUT2D eigenvalue weighted by atomic mass is 10.1. The zero-order valence-corrected chi connectivity index (χ0v) is 13.9. The Hall–Kier alpha value is -1.32. The summed E-state index contributed by atoms with van der Waals surface area (Å²) in [6, 6.07) is 7.85. The standard InChI is InChI=1S/C17H24ClN3/c1-4-11-19-12-7-8-15-13(2)20-21(14(15)3)17-10-6-5-9-16(17)18/h5-6,9-10,19H,4,7-8,11-12H2,1-3H3. The van der Waals surface area contributed by atoms with Crippen molar-refractivity contribution in [3.05, 3.63) is 46.2 Å². The Balaban J connectivity index is 2.13. The van der Waals surface area contributed by atoms with Crippen molar-refractivity contribution in [3.63, 3.8) is 0 Å². The fourth-order valence-electron chi connectivity index (χ4n) is 2.59. The Morgan fingerprint density at radius 2 is 1.95 bits per heavy atom. The second-order valence-corrected chi connectivity index (χ2v) is 5.77. The van der Waals surface area contributed by atoms with Crippen LogP contribution in [0.3, 0.4) is 0 Å². The fourth-order valence-corrected chi connectivity index (χ4v) is 2.80. The highest BCUT2D eigenvalue weighted by Crippen LogP contribution is 2.24. The number of hydrogen-bond donors (Lipinski definition) is 1. The van der Waals surface area contributed by atoms with Crippen molar-refractivity contribution in [1.29, 1.82) is 0 Å². The van der Waals surface area contributed by atoms with Crippen molar-refractivity contribution in [2.75, 3.05) is 13.1 Å². The lowest BCUT2D eigenvalue weighted by Gasteiger charge is -2.07. The van der Waals surface area contributed by atoms with Crippen LogP contribution in [0, 0.1) is 13.8 Å². The van der Waals surface area contributed by atoms with E-state index >= 15 is 0 Å². The highest BCUT2D eigenvalue weighted by atomic mass is 35.5. The molecule has 114 valence electrons. The van der Waals surface area contributed by atoms with E-state index in [0.29, 0.717) is 0 Å². The van der Waals surface area contributed by atoms with E-state index in [9.17, 15) is 0 Å². The number of halogens is 1. The highest BCUT2D eigenvalue weighted by molar-refractivity contribution is 6.32. The molecule has 0 bridgehead atoms. The quantitative estimate of drug-likeness (QED) is 0.781. The Kier molecular flexibility index (Phi) is 5.83. The molecule has 0 aliphatic heterocycles. The summed E-state index contributed by atoms with van der Waals surface area (Å²) in [5, 5.41) is 8.85. The summed E-state index contributed by atoms with van der Waals surface area (Å²) >= 11 is 6.28. The largest absolute Gasteiger partial charge is 0.317 e. The highest BCUT2D eigenvalue weighted by Gasteiger charge is 2.13. The number of aryl methyl sites for hydroxylation is 1. The lowest BCUT2D eigenvalue weighted by Crippen LogP contribution is -2.16. The first kappa shape index (κ1) is 16.1. The predicted molar refractivity (Wildman–Crippen MR) is 89.5 cm³/mol. The SMILES string of the molecule is CCCNCCCc1c(C)nn(-c2ccccc2Cl)c1C. The Bertz CT molecular complexity index is 590. The van der Waals surface area contributed by atoms with Crippen LogP contribution < -0.4 is 5.32 Å². The number of nitrogens with one attached hydrogen (secondary N) is 1. The smallest absolute Gasteiger partial charge is 0.0835 e. The van der Waals surface area contributed by atoms with Gasteiger partial charge in [-0.1, -0.05) is 30.7 Å². The van der Waals surface area contributed by atoms with Crippen LogP contribution in [0.5, 0.6) is 0 Å². The van der Waals surface area contributed by atoms with Crippen LogP contribution in [-0.4, -0.2) is 22.9 Å². The van der Waals surface area contributed by atoms with Gasteiger partial charge in [0.1, 0.15) is 0 Å². The van der Waals surface area contributed by atoms with Crippen LogP contribution in [0.15, 0.2) is 24.3 Å². The van der Waals surface area contributed by atoms with E-state index in [2.05, 4.69) is 31.2 Å². The second kappa shape index (κ2) is 7.62. The van der Waals surface area contributed by atoms with Gasteiger partial charge in [-0.2, -0.15) is 5.10 Å². The monoisotopic (exact) mass is 305 g/mol. The number of hydrogen-bond acceptors (Lipinski definition) is 2. The maximum atomic E-state index is 6.28. The molecule has 2 rings (SSSR count). The van der Waals surface area contributed by atoms with Gasteiger partial charge < -0.3 is 5.32 Å². The molecule has 1 aromatic heterocycles. The molecule has 1 heterocycles. The van der Waals surface area contributed by atoms with Gasteiger partial charge in [0.2, 0.25) is 0 Å². The summed E-state index contributed by atoms with van der Waals surface area (Å²) in [6.45, 7) is 8.54. The van der Waals surface area contributed by atoms with Gasteiger partial charge in [0.15, 0.2) is 0 Å². The van der Waals surface area contributed by atoms with E-state index < -0.39 is 0 Å². The number of rotatable bonds is 7. The summed E-state index contributed by atoms with van der Waals surface area (Å²) in [4.78, 5) is 0. The zero-order chi connectivity index (χ0) is 15.2. The van der Waals surface area contributed by atoms with E-state index in [1.165, 1.54) is 17.7 Å². The summed E-state index contributed by atoms with van der Waals surface area (Å²) in [7, 11) is 0. The average Bonchev–Trinajstić information content (AvgIpc) is 2.75. The lowest BCUT2D eigenvalue weighted by molar-refractivity contribution is 0.638. The van der Waals surface area contributed by atoms with Crippen LogP contribution in [0.25, 0.3) is 5.69 Å². The van der Waals surface area contributed by atoms with E-state index in [1.807, 2.05) is 28.9 Å². The molecule has 0 aliphatic rings. The molecule has 2 aromatic rings. The van der Waals surface area contributed by atoms with Crippen molar-refractivity contribution in [1.82, 2.24) is 15.1 Å². The van der Waals surface area contributed by atoms with Gasteiger partial charge in [-0.05, 0) is 63.9 Å². The summed E-state index contributed by atoms with van der Waals surface area (Å²) in [5.41, 5.74) is 4.59. The molecule has 0 atom stereocenters. The number of nitrogens with zero attached hydrogens (tertiary/aromatic N) is 2.